The Kier molecular flexibility index (Phi) is 2.94. The largest absolute Gasteiger partial charge is 0.308 e. The van der Waals surface area contributed by atoms with Gasteiger partial charge in [-0.3, -0.25) is 4.79 Å². The number of aromatic nitrogens is 4. The molecule has 0 aliphatic carbocycles. The van der Waals surface area contributed by atoms with Crippen LogP contribution in [-0.2, 0) is 0 Å². The second kappa shape index (κ2) is 4.38. The number of H-pyrrole nitrogens is 1. The summed E-state index contributed by atoms with van der Waals surface area (Å²) >= 11 is 0. The zero-order chi connectivity index (χ0) is 11.5. The van der Waals surface area contributed by atoms with Crippen molar-refractivity contribution >= 4 is 11.2 Å². The third kappa shape index (κ3) is 1.80. The summed E-state index contributed by atoms with van der Waals surface area (Å²) in [7, 11) is 0. The van der Waals surface area contributed by atoms with Crippen LogP contribution < -0.4 is 5.56 Å². The van der Waals surface area contributed by atoms with Crippen molar-refractivity contribution < 1.29 is 0 Å². The normalized spacial score (nSPS) is 11.2. The van der Waals surface area contributed by atoms with Gasteiger partial charge in [-0.1, -0.05) is 13.8 Å². The summed E-state index contributed by atoms with van der Waals surface area (Å²) in [6.07, 6.45) is 4.94. The second-order valence-corrected chi connectivity index (χ2v) is 3.69. The van der Waals surface area contributed by atoms with Gasteiger partial charge in [0.05, 0.1) is 0 Å². The van der Waals surface area contributed by atoms with E-state index in [0.717, 1.165) is 12.8 Å². The molecule has 0 spiro atoms. The molecule has 2 aromatic heterocycles. The van der Waals surface area contributed by atoms with Crippen LogP contribution in [-0.4, -0.2) is 19.9 Å². The Morgan fingerprint density at radius 3 is 2.62 bits per heavy atom. The molecule has 84 valence electrons. The molecule has 0 saturated carbocycles. The topological polar surface area (TPSA) is 71.5 Å². The summed E-state index contributed by atoms with van der Waals surface area (Å²) in [5.41, 5.74) is 0.519. The van der Waals surface area contributed by atoms with Crippen molar-refractivity contribution in [3.05, 3.63) is 28.6 Å². The minimum Gasteiger partial charge on any atom is -0.308 e. The van der Waals surface area contributed by atoms with Crippen LogP contribution in [0.1, 0.15) is 38.4 Å². The van der Waals surface area contributed by atoms with Gasteiger partial charge in [-0.05, 0) is 12.8 Å². The number of rotatable bonds is 3. The molecule has 5 nitrogen and oxygen atoms in total. The maximum absolute atomic E-state index is 11.7. The van der Waals surface area contributed by atoms with E-state index in [4.69, 9.17) is 0 Å². The molecule has 2 aromatic rings. The summed E-state index contributed by atoms with van der Waals surface area (Å²) in [5, 5.41) is 0. The fourth-order valence-corrected chi connectivity index (χ4v) is 1.76. The Hall–Kier alpha value is -1.78. The average Bonchev–Trinajstić information content (AvgIpc) is 2.31. The predicted octanol–water partition coefficient (Wildman–Crippen LogP) is 1.62. The molecule has 5 heteroatoms. The summed E-state index contributed by atoms with van der Waals surface area (Å²) in [4.78, 5) is 26.9. The number of fused-ring (bicyclic) bond motifs is 1. The fourth-order valence-electron chi connectivity index (χ4n) is 1.76. The lowest BCUT2D eigenvalue weighted by Crippen LogP contribution is -2.16. The van der Waals surface area contributed by atoms with Crippen LogP contribution in [0.25, 0.3) is 11.2 Å². The lowest BCUT2D eigenvalue weighted by Gasteiger charge is -2.10. The SMILES string of the molecule is CCC(CC)c1nc2nccnc2c(=O)[nH]1. The molecule has 0 aromatic carbocycles. The van der Waals surface area contributed by atoms with Crippen LogP contribution >= 0.6 is 0 Å². The molecule has 0 fully saturated rings. The maximum Gasteiger partial charge on any atom is 0.279 e. The van der Waals surface area contributed by atoms with Crippen molar-refractivity contribution in [2.75, 3.05) is 0 Å². The Morgan fingerprint density at radius 2 is 1.94 bits per heavy atom. The maximum atomic E-state index is 11.7. The van der Waals surface area contributed by atoms with E-state index in [1.165, 1.54) is 6.20 Å². The van der Waals surface area contributed by atoms with Crippen molar-refractivity contribution in [2.24, 2.45) is 0 Å². The van der Waals surface area contributed by atoms with E-state index in [-0.39, 0.29) is 11.5 Å². The number of nitrogens with one attached hydrogen (secondary N) is 1. The van der Waals surface area contributed by atoms with Gasteiger partial charge < -0.3 is 4.98 Å². The lowest BCUT2D eigenvalue weighted by atomic mass is 10.0. The van der Waals surface area contributed by atoms with Gasteiger partial charge in [-0.25, -0.2) is 15.0 Å². The van der Waals surface area contributed by atoms with Crippen molar-refractivity contribution in [3.63, 3.8) is 0 Å². The molecule has 0 unspecified atom stereocenters. The van der Waals surface area contributed by atoms with Crippen LogP contribution in [0.2, 0.25) is 0 Å². The van der Waals surface area contributed by atoms with Crippen molar-refractivity contribution in [1.29, 1.82) is 0 Å². The Bertz CT molecular complexity index is 545. The molecule has 0 atom stereocenters. The summed E-state index contributed by atoms with van der Waals surface area (Å²) in [6.45, 7) is 4.16. The first-order valence-electron chi connectivity index (χ1n) is 5.47. The third-order valence-corrected chi connectivity index (χ3v) is 2.73. The molecule has 0 aliphatic rings. The number of nitrogens with zero attached hydrogens (tertiary/aromatic N) is 3. The summed E-state index contributed by atoms with van der Waals surface area (Å²) in [6, 6.07) is 0. The van der Waals surface area contributed by atoms with E-state index in [1.807, 2.05) is 0 Å². The molecular weight excluding hydrogens is 204 g/mol. The average molecular weight is 218 g/mol. The van der Waals surface area contributed by atoms with Gasteiger partial charge in [-0.15, -0.1) is 0 Å². The standard InChI is InChI=1S/C11H14N4O/c1-3-7(4-2)9-14-10-8(11(16)15-9)12-5-6-13-10/h5-7H,3-4H2,1-2H3,(H,13,14,15,16). The molecular formula is C11H14N4O. The van der Waals surface area contributed by atoms with E-state index >= 15 is 0 Å². The highest BCUT2D eigenvalue weighted by molar-refractivity contribution is 5.67. The summed E-state index contributed by atoms with van der Waals surface area (Å²) in [5.74, 6) is 0.988. The molecule has 0 radical (unpaired) electrons. The van der Waals surface area contributed by atoms with Crippen molar-refractivity contribution in [2.45, 2.75) is 32.6 Å². The third-order valence-electron chi connectivity index (χ3n) is 2.73. The van der Waals surface area contributed by atoms with Gasteiger partial charge in [0, 0.05) is 18.3 Å². The molecule has 0 bridgehead atoms. The fraction of sp³-hybridized carbons (Fsp3) is 0.455. The van der Waals surface area contributed by atoms with Gasteiger partial charge >= 0.3 is 0 Å². The molecule has 2 rings (SSSR count). The van der Waals surface area contributed by atoms with Crippen LogP contribution in [0.15, 0.2) is 17.2 Å². The van der Waals surface area contributed by atoms with Gasteiger partial charge in [0.2, 0.25) is 0 Å². The zero-order valence-electron chi connectivity index (χ0n) is 9.40. The van der Waals surface area contributed by atoms with Crippen molar-refractivity contribution in [3.8, 4) is 0 Å². The monoisotopic (exact) mass is 218 g/mol. The van der Waals surface area contributed by atoms with Gasteiger partial charge in [0.25, 0.3) is 5.56 Å². The number of hydrogen-bond donors (Lipinski definition) is 1. The van der Waals surface area contributed by atoms with Crippen LogP contribution in [0, 0.1) is 0 Å². The zero-order valence-corrected chi connectivity index (χ0v) is 9.40. The highest BCUT2D eigenvalue weighted by Gasteiger charge is 2.12. The quantitative estimate of drug-likeness (QED) is 0.849. The van der Waals surface area contributed by atoms with E-state index in [2.05, 4.69) is 33.8 Å². The molecule has 0 saturated heterocycles. The van der Waals surface area contributed by atoms with Crippen LogP contribution in [0.4, 0.5) is 0 Å². The van der Waals surface area contributed by atoms with E-state index < -0.39 is 0 Å². The van der Waals surface area contributed by atoms with Crippen LogP contribution in [0.5, 0.6) is 0 Å². The van der Waals surface area contributed by atoms with Crippen molar-refractivity contribution in [1.82, 2.24) is 19.9 Å². The molecule has 1 N–H and O–H groups in total. The Morgan fingerprint density at radius 1 is 1.25 bits per heavy atom. The van der Waals surface area contributed by atoms with E-state index in [0.29, 0.717) is 17.0 Å². The minimum atomic E-state index is -0.208. The number of hydrogen-bond acceptors (Lipinski definition) is 4. The lowest BCUT2D eigenvalue weighted by molar-refractivity contribution is 0.602. The summed E-state index contributed by atoms with van der Waals surface area (Å²) < 4.78 is 0. The van der Waals surface area contributed by atoms with Gasteiger partial charge in [0.1, 0.15) is 5.82 Å². The number of aromatic amines is 1. The second-order valence-electron chi connectivity index (χ2n) is 3.69. The smallest absolute Gasteiger partial charge is 0.279 e. The van der Waals surface area contributed by atoms with Gasteiger partial charge in [-0.2, -0.15) is 0 Å². The Labute approximate surface area is 93.0 Å². The highest BCUT2D eigenvalue weighted by atomic mass is 16.1. The highest BCUT2D eigenvalue weighted by Crippen LogP contribution is 2.18. The predicted molar refractivity (Wildman–Crippen MR) is 61.3 cm³/mol. The molecule has 0 aliphatic heterocycles. The minimum absolute atomic E-state index is 0.208. The van der Waals surface area contributed by atoms with Gasteiger partial charge in [0.15, 0.2) is 11.2 Å². The molecule has 16 heavy (non-hydrogen) atoms. The van der Waals surface area contributed by atoms with E-state index in [1.54, 1.807) is 6.20 Å². The Balaban J connectivity index is 2.62. The first kappa shape index (κ1) is 10.7. The molecule has 0 amide bonds. The first-order chi connectivity index (χ1) is 7.76. The first-order valence-corrected chi connectivity index (χ1v) is 5.47. The van der Waals surface area contributed by atoms with Crippen LogP contribution in [0.3, 0.4) is 0 Å². The molecule has 2 heterocycles. The van der Waals surface area contributed by atoms with E-state index in [9.17, 15) is 4.79 Å².